The SMILES string of the molecule is CCCCC/C=C\C/C=C\CCCCCCCCCCCC(=O)OCCCCCCCCCCCCCCCCCCCC/C=C\CCCCCCCCCCCCCCCCCCCC(=O)NC(CO)C(O)CCCCCCCCCCCC. The van der Waals surface area contributed by atoms with E-state index >= 15 is 0 Å². The van der Waals surface area contributed by atoms with Gasteiger partial charge in [-0.1, -0.05) is 371 Å². The van der Waals surface area contributed by atoms with Gasteiger partial charge in [-0.05, 0) is 83.5 Å². The number of aliphatic hydroxyl groups excluding tert-OH is 2. The monoisotopic (exact) mass is 1190 g/mol. The maximum Gasteiger partial charge on any atom is 0.305 e. The molecule has 2 atom stereocenters. The lowest BCUT2D eigenvalue weighted by Crippen LogP contribution is -2.45. The van der Waals surface area contributed by atoms with E-state index in [4.69, 9.17) is 4.74 Å². The number of ether oxygens (including phenoxy) is 1. The third-order valence-electron chi connectivity index (χ3n) is 18.2. The van der Waals surface area contributed by atoms with Crippen molar-refractivity contribution in [2.45, 2.75) is 443 Å². The van der Waals surface area contributed by atoms with E-state index in [-0.39, 0.29) is 18.5 Å². The van der Waals surface area contributed by atoms with Crippen molar-refractivity contribution in [2.75, 3.05) is 13.2 Å². The molecule has 0 aromatic heterocycles. The van der Waals surface area contributed by atoms with E-state index in [1.807, 2.05) is 0 Å². The van der Waals surface area contributed by atoms with Gasteiger partial charge in [-0.15, -0.1) is 0 Å². The Hall–Kier alpha value is -1.92. The molecule has 502 valence electrons. The highest BCUT2D eigenvalue weighted by atomic mass is 16.5. The molecule has 0 bridgehead atoms. The van der Waals surface area contributed by atoms with Gasteiger partial charge in [0, 0.05) is 12.8 Å². The minimum Gasteiger partial charge on any atom is -0.466 e. The van der Waals surface area contributed by atoms with Crippen LogP contribution < -0.4 is 5.32 Å². The molecule has 6 nitrogen and oxygen atoms in total. The molecule has 0 aliphatic heterocycles. The summed E-state index contributed by atoms with van der Waals surface area (Å²) in [5.74, 6) is -0.0111. The average Bonchev–Trinajstić information content (AvgIpc) is 3.51. The van der Waals surface area contributed by atoms with Crippen molar-refractivity contribution < 1.29 is 24.5 Å². The van der Waals surface area contributed by atoms with Crippen LogP contribution in [-0.2, 0) is 14.3 Å². The van der Waals surface area contributed by atoms with Crippen LogP contribution in [0.25, 0.3) is 0 Å². The lowest BCUT2D eigenvalue weighted by atomic mass is 10.0. The molecule has 2 unspecified atom stereocenters. The molecule has 0 spiro atoms. The normalized spacial score (nSPS) is 12.7. The molecule has 85 heavy (non-hydrogen) atoms. The number of carbonyl (C=O) groups excluding carboxylic acids is 2. The Morgan fingerprint density at radius 1 is 0.329 bits per heavy atom. The molecule has 6 heteroatoms. The molecule has 0 aliphatic rings. The van der Waals surface area contributed by atoms with Gasteiger partial charge in [0.25, 0.3) is 0 Å². The second kappa shape index (κ2) is 74.5. The molecular weight excluding hydrogens is 1040 g/mol. The van der Waals surface area contributed by atoms with Crippen molar-refractivity contribution in [3.8, 4) is 0 Å². The first-order chi connectivity index (χ1) is 42.0. The van der Waals surface area contributed by atoms with Crippen molar-refractivity contribution >= 4 is 11.9 Å². The van der Waals surface area contributed by atoms with Gasteiger partial charge in [0.05, 0.1) is 25.4 Å². The van der Waals surface area contributed by atoms with Gasteiger partial charge in [0.2, 0.25) is 5.91 Å². The smallest absolute Gasteiger partial charge is 0.305 e. The molecule has 0 saturated carbocycles. The van der Waals surface area contributed by atoms with Crippen molar-refractivity contribution in [3.63, 3.8) is 0 Å². The third-order valence-corrected chi connectivity index (χ3v) is 18.2. The predicted octanol–water partition coefficient (Wildman–Crippen LogP) is 25.4. The van der Waals surface area contributed by atoms with Crippen LogP contribution in [0.4, 0.5) is 0 Å². The van der Waals surface area contributed by atoms with E-state index in [9.17, 15) is 19.8 Å². The molecule has 0 radical (unpaired) electrons. The second-order valence-corrected chi connectivity index (χ2v) is 26.7. The summed E-state index contributed by atoms with van der Waals surface area (Å²) in [6, 6.07) is -0.536. The van der Waals surface area contributed by atoms with Gasteiger partial charge in [-0.25, -0.2) is 0 Å². The molecule has 0 aromatic carbocycles. The first-order valence-electron chi connectivity index (χ1n) is 38.7. The fourth-order valence-corrected chi connectivity index (χ4v) is 12.3. The van der Waals surface area contributed by atoms with Crippen molar-refractivity contribution in [1.29, 1.82) is 0 Å². The van der Waals surface area contributed by atoms with Crippen LogP contribution in [0.2, 0.25) is 0 Å². The Kier molecular flexibility index (Phi) is 72.9. The Balaban J connectivity index is 3.29. The molecule has 0 saturated heterocycles. The summed E-state index contributed by atoms with van der Waals surface area (Å²) >= 11 is 0. The van der Waals surface area contributed by atoms with E-state index in [0.29, 0.717) is 25.9 Å². The number of hydrogen-bond acceptors (Lipinski definition) is 5. The van der Waals surface area contributed by atoms with Crippen molar-refractivity contribution in [3.05, 3.63) is 36.5 Å². The summed E-state index contributed by atoms with van der Waals surface area (Å²) in [6.07, 6.45) is 96.8. The number of carbonyl (C=O) groups is 2. The molecule has 0 rings (SSSR count). The van der Waals surface area contributed by atoms with E-state index in [1.54, 1.807) is 0 Å². The Labute approximate surface area is 532 Å². The minimum absolute atomic E-state index is 0.0192. The van der Waals surface area contributed by atoms with Crippen LogP contribution in [0.15, 0.2) is 36.5 Å². The standard InChI is InChI=1S/C79H151NO5/c1-3-5-7-9-11-13-15-16-17-18-40-44-47-50-53-57-61-65-69-73-79(84)85-74-70-66-62-58-54-51-48-45-42-39-37-35-33-31-29-27-25-23-21-19-20-22-24-26-28-30-32-34-36-38-41-43-46-49-52-56-60-64-68-72-78(83)80-76(75-81)77(82)71-67-63-59-55-14-12-10-8-6-4-2/h11,13,16-17,19-20,76-77,81-82H,3-10,12,14-15,18,21-75H2,1-2H3,(H,80,83)/b13-11-,17-16-,20-19-. The van der Waals surface area contributed by atoms with Gasteiger partial charge in [-0.3, -0.25) is 9.59 Å². The lowest BCUT2D eigenvalue weighted by molar-refractivity contribution is -0.143. The predicted molar refractivity (Wildman–Crippen MR) is 375 cm³/mol. The molecule has 3 N–H and O–H groups in total. The number of aliphatic hydroxyl groups is 2. The molecule has 0 fully saturated rings. The van der Waals surface area contributed by atoms with E-state index in [0.717, 1.165) is 44.9 Å². The van der Waals surface area contributed by atoms with Crippen LogP contribution >= 0.6 is 0 Å². The molecule has 0 aromatic rings. The Morgan fingerprint density at radius 2 is 0.588 bits per heavy atom. The van der Waals surface area contributed by atoms with E-state index in [2.05, 4.69) is 55.6 Å². The highest BCUT2D eigenvalue weighted by Crippen LogP contribution is 2.19. The van der Waals surface area contributed by atoms with Gasteiger partial charge >= 0.3 is 5.97 Å². The molecule has 0 heterocycles. The molecular formula is C79H151NO5. The maximum absolute atomic E-state index is 12.5. The summed E-state index contributed by atoms with van der Waals surface area (Å²) in [4.78, 5) is 24.6. The summed E-state index contributed by atoms with van der Waals surface area (Å²) < 4.78 is 5.52. The number of allylic oxidation sites excluding steroid dienone is 6. The topological polar surface area (TPSA) is 95.9 Å². The Morgan fingerprint density at radius 3 is 0.929 bits per heavy atom. The number of rotatable bonds is 73. The van der Waals surface area contributed by atoms with E-state index in [1.165, 1.54) is 353 Å². The van der Waals surface area contributed by atoms with Crippen LogP contribution in [0.1, 0.15) is 431 Å². The number of nitrogens with one attached hydrogen (secondary N) is 1. The summed E-state index contributed by atoms with van der Waals surface area (Å²) in [5, 5.41) is 23.2. The largest absolute Gasteiger partial charge is 0.466 e. The first-order valence-corrected chi connectivity index (χ1v) is 38.7. The number of amides is 1. The number of esters is 1. The summed E-state index contributed by atoms with van der Waals surface area (Å²) in [7, 11) is 0. The van der Waals surface area contributed by atoms with Gasteiger partial charge in [0.15, 0.2) is 0 Å². The fourth-order valence-electron chi connectivity index (χ4n) is 12.3. The zero-order chi connectivity index (χ0) is 61.3. The van der Waals surface area contributed by atoms with Gasteiger partial charge in [-0.2, -0.15) is 0 Å². The maximum atomic E-state index is 12.5. The number of unbranched alkanes of at least 4 members (excludes halogenated alkanes) is 56. The van der Waals surface area contributed by atoms with Crippen molar-refractivity contribution in [2.24, 2.45) is 0 Å². The summed E-state index contributed by atoms with van der Waals surface area (Å²) in [6.45, 7) is 4.95. The third kappa shape index (κ3) is 71.0. The Bertz CT molecular complexity index is 1380. The molecule has 1 amide bonds. The zero-order valence-electron chi connectivity index (χ0n) is 57.6. The molecule has 0 aliphatic carbocycles. The number of hydrogen-bond donors (Lipinski definition) is 3. The van der Waals surface area contributed by atoms with Crippen molar-refractivity contribution in [1.82, 2.24) is 5.32 Å². The average molecular weight is 1200 g/mol. The van der Waals surface area contributed by atoms with Gasteiger partial charge in [0.1, 0.15) is 0 Å². The van der Waals surface area contributed by atoms with Crippen LogP contribution in [0.3, 0.4) is 0 Å². The van der Waals surface area contributed by atoms with Crippen LogP contribution in [-0.4, -0.2) is 47.4 Å². The fraction of sp³-hybridized carbons (Fsp3) is 0.899. The van der Waals surface area contributed by atoms with E-state index < -0.39 is 12.1 Å². The highest BCUT2D eigenvalue weighted by Gasteiger charge is 2.20. The van der Waals surface area contributed by atoms with Gasteiger partial charge < -0.3 is 20.3 Å². The lowest BCUT2D eigenvalue weighted by Gasteiger charge is -2.22. The highest BCUT2D eigenvalue weighted by molar-refractivity contribution is 5.76. The first kappa shape index (κ1) is 83.1. The van der Waals surface area contributed by atoms with Crippen LogP contribution in [0.5, 0.6) is 0 Å². The minimum atomic E-state index is -0.659. The van der Waals surface area contributed by atoms with Crippen LogP contribution in [0, 0.1) is 0 Å². The quantitative estimate of drug-likeness (QED) is 0.0320. The zero-order valence-corrected chi connectivity index (χ0v) is 57.6. The second-order valence-electron chi connectivity index (χ2n) is 26.7. The summed E-state index contributed by atoms with van der Waals surface area (Å²) in [5.41, 5.74) is 0.